The Bertz CT molecular complexity index is 1150. The van der Waals surface area contributed by atoms with Crippen LogP contribution in [0, 0.1) is 5.92 Å². The molecule has 3 aliphatic rings. The molecule has 32 heavy (non-hydrogen) atoms. The normalized spacial score (nSPS) is 24.4. The molecule has 0 aromatic heterocycles. The molecule has 2 aliphatic heterocycles. The van der Waals surface area contributed by atoms with Crippen LogP contribution in [0.15, 0.2) is 58.9 Å². The Morgan fingerprint density at radius 3 is 2.34 bits per heavy atom. The van der Waals surface area contributed by atoms with E-state index in [-0.39, 0.29) is 11.1 Å². The molecule has 0 radical (unpaired) electrons. The number of ether oxygens (including phenoxy) is 3. The van der Waals surface area contributed by atoms with E-state index in [1.54, 1.807) is 30.3 Å². The molecule has 0 fully saturated rings. The molecule has 166 valence electrons. The van der Waals surface area contributed by atoms with Crippen molar-refractivity contribution >= 4 is 23.3 Å². The number of hydrogen-bond acceptors (Lipinski definition) is 7. The second kappa shape index (κ2) is 7.29. The van der Waals surface area contributed by atoms with Crippen LogP contribution in [-0.2, 0) is 23.9 Å². The lowest BCUT2D eigenvalue weighted by Crippen LogP contribution is -2.43. The number of carbonyl (C=O) groups is 4. The van der Waals surface area contributed by atoms with Gasteiger partial charge in [0.15, 0.2) is 17.2 Å². The standard InChI is InChI=1S/C25H24O7/c1-13(20(26)14-6-8-16(30-5)9-7-14)21(27)19-18-10-15-11-24(2,3)31-12-17(15)22(28)25(18,4)32-23(19)29/h6-10,12-13H,11H2,1-5H3. The molecule has 0 saturated carbocycles. The van der Waals surface area contributed by atoms with Crippen LogP contribution in [0.5, 0.6) is 5.75 Å². The van der Waals surface area contributed by atoms with Gasteiger partial charge in [0, 0.05) is 17.6 Å². The molecule has 0 amide bonds. The summed E-state index contributed by atoms with van der Waals surface area (Å²) in [5, 5.41) is 0. The summed E-state index contributed by atoms with van der Waals surface area (Å²) in [4.78, 5) is 52.2. The number of ketones is 3. The molecule has 0 spiro atoms. The molecule has 2 heterocycles. The predicted octanol–water partition coefficient (Wildman–Crippen LogP) is 3.29. The van der Waals surface area contributed by atoms with Crippen molar-refractivity contribution < 1.29 is 33.4 Å². The lowest BCUT2D eigenvalue weighted by atomic mass is 9.74. The van der Waals surface area contributed by atoms with Crippen molar-refractivity contribution in [3.63, 3.8) is 0 Å². The average molecular weight is 436 g/mol. The van der Waals surface area contributed by atoms with E-state index in [1.807, 2.05) is 13.8 Å². The van der Waals surface area contributed by atoms with Crippen molar-refractivity contribution in [3.05, 3.63) is 64.5 Å². The van der Waals surface area contributed by atoms with E-state index in [0.29, 0.717) is 28.9 Å². The van der Waals surface area contributed by atoms with Gasteiger partial charge in [-0.05, 0) is 63.6 Å². The van der Waals surface area contributed by atoms with E-state index in [2.05, 4.69) is 0 Å². The van der Waals surface area contributed by atoms with Gasteiger partial charge >= 0.3 is 5.97 Å². The zero-order valence-corrected chi connectivity index (χ0v) is 18.6. The van der Waals surface area contributed by atoms with Crippen LogP contribution >= 0.6 is 0 Å². The molecule has 2 atom stereocenters. The van der Waals surface area contributed by atoms with Gasteiger partial charge in [0.05, 0.1) is 24.9 Å². The lowest BCUT2D eigenvalue weighted by Gasteiger charge is -2.37. The van der Waals surface area contributed by atoms with Gasteiger partial charge in [-0.1, -0.05) is 0 Å². The first kappa shape index (κ1) is 21.7. The first-order valence-corrected chi connectivity index (χ1v) is 10.3. The van der Waals surface area contributed by atoms with Gasteiger partial charge in [-0.2, -0.15) is 0 Å². The smallest absolute Gasteiger partial charge is 0.343 e. The number of methoxy groups -OCH3 is 1. The molecule has 1 aromatic carbocycles. The second-order valence-corrected chi connectivity index (χ2v) is 8.97. The number of fused-ring (bicyclic) bond motifs is 2. The maximum absolute atomic E-state index is 13.3. The number of Topliss-reactive ketones (excluding diaryl/α,β-unsaturated/α-hetero) is 3. The summed E-state index contributed by atoms with van der Waals surface area (Å²) in [5.74, 6) is -2.99. The van der Waals surface area contributed by atoms with E-state index in [4.69, 9.17) is 14.2 Å². The van der Waals surface area contributed by atoms with Gasteiger partial charge in [0.25, 0.3) is 0 Å². The zero-order valence-electron chi connectivity index (χ0n) is 18.6. The van der Waals surface area contributed by atoms with Gasteiger partial charge in [0.2, 0.25) is 5.78 Å². The van der Waals surface area contributed by atoms with Gasteiger partial charge in [-0.3, -0.25) is 14.4 Å². The maximum atomic E-state index is 13.3. The first-order valence-electron chi connectivity index (χ1n) is 10.3. The SMILES string of the molecule is COc1ccc(C(=O)C(C)C(=O)C2=C3C=C4CC(C)(C)OC=C4C(=O)C3(C)OC2=O)cc1. The molecular formula is C25H24O7. The highest BCUT2D eigenvalue weighted by Crippen LogP contribution is 2.46. The average Bonchev–Trinajstić information content (AvgIpc) is 3.02. The minimum atomic E-state index is -1.62. The van der Waals surface area contributed by atoms with Crippen molar-refractivity contribution in [1.29, 1.82) is 0 Å². The predicted molar refractivity (Wildman–Crippen MR) is 114 cm³/mol. The number of benzene rings is 1. The number of carbonyl (C=O) groups excluding carboxylic acids is 4. The van der Waals surface area contributed by atoms with Gasteiger partial charge in [0.1, 0.15) is 16.9 Å². The second-order valence-electron chi connectivity index (χ2n) is 8.97. The molecule has 0 N–H and O–H groups in total. The van der Waals surface area contributed by atoms with E-state index < -0.39 is 40.4 Å². The van der Waals surface area contributed by atoms with Gasteiger partial charge in [-0.25, -0.2) is 4.79 Å². The van der Waals surface area contributed by atoms with Crippen LogP contribution in [0.4, 0.5) is 0 Å². The molecule has 7 heteroatoms. The lowest BCUT2D eigenvalue weighted by molar-refractivity contribution is -0.153. The third kappa shape index (κ3) is 3.28. The van der Waals surface area contributed by atoms with Crippen LogP contribution in [0.2, 0.25) is 0 Å². The quantitative estimate of drug-likeness (QED) is 0.302. The van der Waals surface area contributed by atoms with E-state index in [0.717, 1.165) is 0 Å². The van der Waals surface area contributed by atoms with Crippen molar-refractivity contribution in [2.75, 3.05) is 7.11 Å². The Kier molecular flexibility index (Phi) is 4.95. The van der Waals surface area contributed by atoms with Crippen molar-refractivity contribution in [1.82, 2.24) is 0 Å². The van der Waals surface area contributed by atoms with Crippen LogP contribution in [0.25, 0.3) is 0 Å². The Morgan fingerprint density at radius 2 is 1.72 bits per heavy atom. The van der Waals surface area contributed by atoms with Crippen molar-refractivity contribution in [2.24, 2.45) is 5.92 Å². The summed E-state index contributed by atoms with van der Waals surface area (Å²) < 4.78 is 16.1. The van der Waals surface area contributed by atoms with Crippen LogP contribution in [-0.4, -0.2) is 41.6 Å². The Morgan fingerprint density at radius 1 is 1.06 bits per heavy atom. The number of hydrogen-bond donors (Lipinski definition) is 0. The Hall–Kier alpha value is -3.48. The monoisotopic (exact) mass is 436 g/mol. The highest BCUT2D eigenvalue weighted by molar-refractivity contribution is 6.29. The molecule has 2 unspecified atom stereocenters. The molecule has 1 aliphatic carbocycles. The number of rotatable bonds is 5. The molecule has 0 saturated heterocycles. The molecule has 0 bridgehead atoms. The minimum Gasteiger partial charge on any atom is -0.497 e. The summed E-state index contributed by atoms with van der Waals surface area (Å²) in [6.07, 6.45) is 3.49. The molecular weight excluding hydrogens is 412 g/mol. The van der Waals surface area contributed by atoms with Crippen molar-refractivity contribution in [2.45, 2.75) is 45.3 Å². The summed E-state index contributed by atoms with van der Waals surface area (Å²) in [6, 6.07) is 6.37. The minimum absolute atomic E-state index is 0.205. The molecule has 4 rings (SSSR count). The molecule has 1 aromatic rings. The largest absolute Gasteiger partial charge is 0.497 e. The first-order chi connectivity index (χ1) is 15.0. The topological polar surface area (TPSA) is 96.0 Å². The summed E-state index contributed by atoms with van der Waals surface area (Å²) in [5.41, 5.74) is -0.861. The number of esters is 1. The highest BCUT2D eigenvalue weighted by Gasteiger charge is 2.55. The van der Waals surface area contributed by atoms with E-state index >= 15 is 0 Å². The van der Waals surface area contributed by atoms with Crippen LogP contribution < -0.4 is 4.74 Å². The van der Waals surface area contributed by atoms with Crippen molar-refractivity contribution in [3.8, 4) is 5.75 Å². The fourth-order valence-electron chi connectivity index (χ4n) is 4.24. The fourth-order valence-corrected chi connectivity index (χ4v) is 4.24. The summed E-state index contributed by atoms with van der Waals surface area (Å²) in [7, 11) is 1.51. The third-order valence-corrected chi connectivity index (χ3v) is 6.15. The third-order valence-electron chi connectivity index (χ3n) is 6.15. The fraction of sp³-hybridized carbons (Fsp3) is 0.360. The van der Waals surface area contributed by atoms with Crippen LogP contribution in [0.3, 0.4) is 0 Å². The zero-order chi connectivity index (χ0) is 23.4. The Labute approximate surface area is 185 Å². The molecule has 7 nitrogen and oxygen atoms in total. The van der Waals surface area contributed by atoms with Gasteiger partial charge in [-0.15, -0.1) is 0 Å². The van der Waals surface area contributed by atoms with Gasteiger partial charge < -0.3 is 14.2 Å². The van der Waals surface area contributed by atoms with Crippen LogP contribution in [0.1, 0.15) is 44.5 Å². The highest BCUT2D eigenvalue weighted by atomic mass is 16.6. The van der Waals surface area contributed by atoms with E-state index in [9.17, 15) is 19.2 Å². The Balaban J connectivity index is 1.74. The summed E-state index contributed by atoms with van der Waals surface area (Å²) >= 11 is 0. The van der Waals surface area contributed by atoms with E-state index in [1.165, 1.54) is 27.2 Å². The summed E-state index contributed by atoms with van der Waals surface area (Å²) in [6.45, 7) is 6.68. The maximum Gasteiger partial charge on any atom is 0.343 e.